The molecule has 0 aromatic rings. The quantitative estimate of drug-likeness (QED) is 0.644. The Labute approximate surface area is 79.5 Å². The van der Waals surface area contributed by atoms with Crippen LogP contribution in [0.5, 0.6) is 0 Å². The van der Waals surface area contributed by atoms with Gasteiger partial charge in [0.25, 0.3) is 0 Å². The predicted octanol–water partition coefficient (Wildman–Crippen LogP) is 0.608. The molecule has 3 nitrogen and oxygen atoms in total. The lowest BCUT2D eigenvalue weighted by atomic mass is 9.79. The van der Waals surface area contributed by atoms with E-state index in [1.165, 1.54) is 0 Å². The summed E-state index contributed by atoms with van der Waals surface area (Å²) in [7, 11) is 0. The molecule has 1 amide bonds. The summed E-state index contributed by atoms with van der Waals surface area (Å²) in [5.41, 5.74) is -0.0196. The summed E-state index contributed by atoms with van der Waals surface area (Å²) in [5.74, 6) is 0.391. The van der Waals surface area contributed by atoms with E-state index in [0.717, 1.165) is 45.4 Å². The molecule has 13 heavy (non-hydrogen) atoms. The molecule has 1 N–H and O–H groups in total. The number of hydrogen-bond acceptors (Lipinski definition) is 2. The number of rotatable bonds is 1. The molecule has 74 valence electrons. The van der Waals surface area contributed by atoms with Crippen molar-refractivity contribution in [2.75, 3.05) is 26.2 Å². The van der Waals surface area contributed by atoms with Gasteiger partial charge in [0, 0.05) is 19.6 Å². The summed E-state index contributed by atoms with van der Waals surface area (Å²) < 4.78 is 0. The average Bonchev–Trinajstić information content (AvgIpc) is 2.47. The van der Waals surface area contributed by atoms with Crippen LogP contribution in [0.1, 0.15) is 26.2 Å². The first-order chi connectivity index (χ1) is 6.28. The minimum atomic E-state index is -0.0196. The predicted molar refractivity (Wildman–Crippen MR) is 51.4 cm³/mol. The number of carbonyl (C=O) groups is 1. The summed E-state index contributed by atoms with van der Waals surface area (Å²) >= 11 is 0. The molecule has 2 aliphatic rings. The number of hydrogen-bond donors (Lipinski definition) is 1. The van der Waals surface area contributed by atoms with Gasteiger partial charge in [-0.1, -0.05) is 0 Å². The van der Waals surface area contributed by atoms with Gasteiger partial charge < -0.3 is 10.2 Å². The van der Waals surface area contributed by atoms with E-state index in [9.17, 15) is 4.79 Å². The Balaban J connectivity index is 2.10. The minimum Gasteiger partial charge on any atom is -0.342 e. The first kappa shape index (κ1) is 9.00. The van der Waals surface area contributed by atoms with Crippen LogP contribution in [0.4, 0.5) is 0 Å². The molecule has 0 radical (unpaired) electrons. The Bertz CT molecular complexity index is 209. The summed E-state index contributed by atoms with van der Waals surface area (Å²) in [6.45, 7) is 5.90. The second kappa shape index (κ2) is 3.29. The van der Waals surface area contributed by atoms with Crippen molar-refractivity contribution in [3.63, 3.8) is 0 Å². The lowest BCUT2D eigenvalue weighted by molar-refractivity contribution is -0.136. The van der Waals surface area contributed by atoms with E-state index in [0.29, 0.717) is 5.91 Å². The van der Waals surface area contributed by atoms with Crippen LogP contribution in [-0.4, -0.2) is 37.0 Å². The van der Waals surface area contributed by atoms with Gasteiger partial charge in [-0.3, -0.25) is 4.79 Å². The van der Waals surface area contributed by atoms with Crippen molar-refractivity contribution in [1.29, 1.82) is 0 Å². The van der Waals surface area contributed by atoms with Gasteiger partial charge >= 0.3 is 0 Å². The van der Waals surface area contributed by atoms with Crippen molar-refractivity contribution in [1.82, 2.24) is 10.2 Å². The second-order valence-electron chi connectivity index (χ2n) is 4.20. The highest BCUT2D eigenvalue weighted by atomic mass is 16.2. The molecule has 3 heteroatoms. The van der Waals surface area contributed by atoms with Crippen LogP contribution in [-0.2, 0) is 4.79 Å². The third kappa shape index (κ3) is 1.35. The molecule has 0 aliphatic carbocycles. The van der Waals surface area contributed by atoms with E-state index in [4.69, 9.17) is 0 Å². The Hall–Kier alpha value is -0.570. The topological polar surface area (TPSA) is 32.3 Å². The monoisotopic (exact) mass is 182 g/mol. The molecular weight excluding hydrogens is 164 g/mol. The fourth-order valence-electron chi connectivity index (χ4n) is 2.56. The van der Waals surface area contributed by atoms with Crippen LogP contribution in [0.2, 0.25) is 0 Å². The number of carbonyl (C=O) groups excluding carboxylic acids is 1. The zero-order valence-corrected chi connectivity index (χ0v) is 8.31. The van der Waals surface area contributed by atoms with Gasteiger partial charge in [0.15, 0.2) is 0 Å². The highest BCUT2D eigenvalue weighted by Gasteiger charge is 2.46. The number of nitrogens with one attached hydrogen (secondary N) is 1. The molecule has 2 saturated heterocycles. The molecule has 2 heterocycles. The molecule has 2 rings (SSSR count). The van der Waals surface area contributed by atoms with E-state index in [1.807, 2.05) is 4.90 Å². The Kier molecular flexibility index (Phi) is 2.28. The van der Waals surface area contributed by atoms with Crippen LogP contribution in [0.25, 0.3) is 0 Å². The molecule has 0 saturated carbocycles. The van der Waals surface area contributed by atoms with Crippen molar-refractivity contribution in [2.45, 2.75) is 26.2 Å². The lowest BCUT2D eigenvalue weighted by Crippen LogP contribution is -2.45. The Morgan fingerprint density at radius 2 is 2.38 bits per heavy atom. The van der Waals surface area contributed by atoms with Gasteiger partial charge in [0.05, 0.1) is 5.41 Å². The standard InChI is InChI=1S/C10H18N2O/c1-2-12-7-5-10(9(12)13)4-3-6-11-8-10/h11H,2-8H2,1H3/t10-/m0/s1. The van der Waals surface area contributed by atoms with Gasteiger partial charge in [-0.2, -0.15) is 0 Å². The maximum Gasteiger partial charge on any atom is 0.230 e. The van der Waals surface area contributed by atoms with Gasteiger partial charge in [0.2, 0.25) is 5.91 Å². The van der Waals surface area contributed by atoms with Crippen LogP contribution >= 0.6 is 0 Å². The zero-order valence-electron chi connectivity index (χ0n) is 8.31. The largest absolute Gasteiger partial charge is 0.342 e. The van der Waals surface area contributed by atoms with E-state index < -0.39 is 0 Å². The van der Waals surface area contributed by atoms with Gasteiger partial charge in [0.1, 0.15) is 0 Å². The molecule has 1 atom stereocenters. The smallest absolute Gasteiger partial charge is 0.230 e. The van der Waals surface area contributed by atoms with Crippen molar-refractivity contribution >= 4 is 5.91 Å². The van der Waals surface area contributed by atoms with Crippen molar-refractivity contribution < 1.29 is 4.79 Å². The fraction of sp³-hybridized carbons (Fsp3) is 0.900. The summed E-state index contributed by atoms with van der Waals surface area (Å²) in [4.78, 5) is 14.0. The highest BCUT2D eigenvalue weighted by Crippen LogP contribution is 2.37. The van der Waals surface area contributed by atoms with Crippen molar-refractivity contribution in [3.8, 4) is 0 Å². The Morgan fingerprint density at radius 3 is 2.92 bits per heavy atom. The van der Waals surface area contributed by atoms with E-state index in [2.05, 4.69) is 12.2 Å². The average molecular weight is 182 g/mol. The number of amides is 1. The highest BCUT2D eigenvalue weighted by molar-refractivity contribution is 5.85. The second-order valence-corrected chi connectivity index (χ2v) is 4.20. The molecule has 0 aromatic carbocycles. The molecule has 1 spiro atoms. The molecule has 2 aliphatic heterocycles. The first-order valence-electron chi connectivity index (χ1n) is 5.29. The normalized spacial score (nSPS) is 34.5. The van der Waals surface area contributed by atoms with Crippen LogP contribution in [0.3, 0.4) is 0 Å². The SMILES string of the molecule is CCN1CC[C@]2(CCCNC2)C1=O. The lowest BCUT2D eigenvalue weighted by Gasteiger charge is -2.31. The maximum atomic E-state index is 12.0. The third-order valence-corrected chi connectivity index (χ3v) is 3.46. The fourth-order valence-corrected chi connectivity index (χ4v) is 2.56. The first-order valence-corrected chi connectivity index (χ1v) is 5.29. The summed E-state index contributed by atoms with van der Waals surface area (Å²) in [6, 6.07) is 0. The maximum absolute atomic E-state index is 12.0. The van der Waals surface area contributed by atoms with Crippen LogP contribution in [0, 0.1) is 5.41 Å². The minimum absolute atomic E-state index is 0.0196. The molecular formula is C10H18N2O. The van der Waals surface area contributed by atoms with Crippen LogP contribution in [0.15, 0.2) is 0 Å². The molecule has 0 aromatic heterocycles. The van der Waals surface area contributed by atoms with Gasteiger partial charge in [-0.15, -0.1) is 0 Å². The van der Waals surface area contributed by atoms with Gasteiger partial charge in [-0.25, -0.2) is 0 Å². The van der Waals surface area contributed by atoms with Crippen molar-refractivity contribution in [2.24, 2.45) is 5.41 Å². The third-order valence-electron chi connectivity index (χ3n) is 3.46. The number of piperidine rings is 1. The number of nitrogens with zero attached hydrogens (tertiary/aromatic N) is 1. The molecule has 2 fully saturated rings. The van der Waals surface area contributed by atoms with E-state index in [1.54, 1.807) is 0 Å². The number of likely N-dealkylation sites (tertiary alicyclic amines) is 1. The van der Waals surface area contributed by atoms with Crippen molar-refractivity contribution in [3.05, 3.63) is 0 Å². The molecule has 0 unspecified atom stereocenters. The van der Waals surface area contributed by atoms with E-state index >= 15 is 0 Å². The van der Waals surface area contributed by atoms with Crippen LogP contribution < -0.4 is 5.32 Å². The van der Waals surface area contributed by atoms with Gasteiger partial charge in [-0.05, 0) is 32.7 Å². The Morgan fingerprint density at radius 1 is 1.54 bits per heavy atom. The van der Waals surface area contributed by atoms with E-state index in [-0.39, 0.29) is 5.41 Å². The summed E-state index contributed by atoms with van der Waals surface area (Å²) in [5, 5.41) is 3.35. The summed E-state index contributed by atoms with van der Waals surface area (Å²) in [6.07, 6.45) is 3.31. The zero-order chi connectivity index (χ0) is 9.31. The molecule has 0 bridgehead atoms.